The Morgan fingerprint density at radius 1 is 1.30 bits per heavy atom. The molecule has 1 aromatic carbocycles. The van der Waals surface area contributed by atoms with Crippen LogP contribution in [-0.4, -0.2) is 18.0 Å². The van der Waals surface area contributed by atoms with E-state index >= 15 is 0 Å². The molecule has 0 unspecified atom stereocenters. The summed E-state index contributed by atoms with van der Waals surface area (Å²) in [5, 5.41) is 6.34. The number of aryl methyl sites for hydroxylation is 2. The third-order valence-corrected chi connectivity index (χ3v) is 5.67. The molecule has 23 heavy (non-hydrogen) atoms. The van der Waals surface area contributed by atoms with Crippen molar-refractivity contribution in [1.82, 2.24) is 10.3 Å². The molecule has 122 valence electrons. The quantitative estimate of drug-likeness (QED) is 0.923. The number of nitrogens with one attached hydrogen (secondary N) is 1. The summed E-state index contributed by atoms with van der Waals surface area (Å²) < 4.78 is 5.33. The van der Waals surface area contributed by atoms with E-state index < -0.39 is 0 Å². The van der Waals surface area contributed by atoms with Gasteiger partial charge in [-0.3, -0.25) is 4.79 Å². The Morgan fingerprint density at radius 2 is 2.04 bits per heavy atom. The molecule has 1 amide bonds. The van der Waals surface area contributed by atoms with Crippen molar-refractivity contribution in [2.45, 2.75) is 45.1 Å². The van der Waals surface area contributed by atoms with E-state index in [1.54, 1.807) is 24.5 Å². The van der Waals surface area contributed by atoms with Gasteiger partial charge < -0.3 is 10.1 Å². The van der Waals surface area contributed by atoms with Gasteiger partial charge in [0.15, 0.2) is 0 Å². The van der Waals surface area contributed by atoms with E-state index in [9.17, 15) is 4.79 Å². The number of carbonyl (C=O) groups is 1. The average molecular weight is 330 g/mol. The largest absolute Gasteiger partial charge is 0.496 e. The fourth-order valence-electron chi connectivity index (χ4n) is 3.20. The Kier molecular flexibility index (Phi) is 4.39. The van der Waals surface area contributed by atoms with Crippen molar-refractivity contribution in [2.75, 3.05) is 7.11 Å². The van der Waals surface area contributed by atoms with E-state index in [2.05, 4.69) is 15.7 Å². The van der Waals surface area contributed by atoms with E-state index in [4.69, 9.17) is 4.74 Å². The van der Waals surface area contributed by atoms with Crippen molar-refractivity contribution >= 4 is 17.2 Å². The lowest BCUT2D eigenvalue weighted by molar-refractivity contribution is 0.0897. The maximum absolute atomic E-state index is 12.8. The van der Waals surface area contributed by atoms with Gasteiger partial charge in [0.25, 0.3) is 5.91 Å². The Labute approximate surface area is 140 Å². The van der Waals surface area contributed by atoms with E-state index in [1.165, 1.54) is 0 Å². The highest BCUT2D eigenvalue weighted by molar-refractivity contribution is 7.09. The first-order chi connectivity index (χ1) is 11.0. The van der Waals surface area contributed by atoms with Crippen molar-refractivity contribution in [1.29, 1.82) is 0 Å². The average Bonchev–Trinajstić information content (AvgIpc) is 3.17. The van der Waals surface area contributed by atoms with Crippen LogP contribution in [0.25, 0.3) is 0 Å². The maximum Gasteiger partial charge on any atom is 0.252 e. The van der Waals surface area contributed by atoms with E-state index in [0.717, 1.165) is 47.7 Å². The van der Waals surface area contributed by atoms with Gasteiger partial charge in [0.05, 0.1) is 12.6 Å². The number of methoxy groups -OCH3 is 1. The molecule has 0 spiro atoms. The molecule has 1 heterocycles. The Bertz CT molecular complexity index is 718. The topological polar surface area (TPSA) is 51.2 Å². The second-order valence-electron chi connectivity index (χ2n) is 6.22. The summed E-state index contributed by atoms with van der Waals surface area (Å²) in [7, 11) is 1.63. The van der Waals surface area contributed by atoms with Gasteiger partial charge in [-0.05, 0) is 44.4 Å². The Morgan fingerprint density at radius 3 is 2.65 bits per heavy atom. The molecule has 3 rings (SSSR count). The number of ether oxygens (including phenoxy) is 1. The molecule has 1 aliphatic rings. The van der Waals surface area contributed by atoms with Gasteiger partial charge in [0.2, 0.25) is 0 Å². The second kappa shape index (κ2) is 6.32. The highest BCUT2D eigenvalue weighted by atomic mass is 32.1. The van der Waals surface area contributed by atoms with Crippen LogP contribution >= 0.6 is 11.3 Å². The Hall–Kier alpha value is -1.88. The lowest BCUT2D eigenvalue weighted by Crippen LogP contribution is -2.43. The van der Waals surface area contributed by atoms with Crippen LogP contribution in [0, 0.1) is 13.8 Å². The summed E-state index contributed by atoms with van der Waals surface area (Å²) in [6.07, 6.45) is 4.15. The van der Waals surface area contributed by atoms with Crippen LogP contribution in [0.4, 0.5) is 0 Å². The molecule has 0 atom stereocenters. The lowest BCUT2D eigenvalue weighted by atomic mass is 9.97. The monoisotopic (exact) mass is 330 g/mol. The third kappa shape index (κ3) is 3.11. The minimum atomic E-state index is -0.311. The van der Waals surface area contributed by atoms with Gasteiger partial charge in [-0.1, -0.05) is 18.9 Å². The molecular formula is C18H22N2O2S. The summed E-state index contributed by atoms with van der Waals surface area (Å²) >= 11 is 1.64. The summed E-state index contributed by atoms with van der Waals surface area (Å²) in [6, 6.07) is 5.58. The van der Waals surface area contributed by atoms with Gasteiger partial charge in [-0.15, -0.1) is 11.3 Å². The van der Waals surface area contributed by atoms with Gasteiger partial charge in [0, 0.05) is 16.6 Å². The number of nitrogens with zero attached hydrogens (tertiary/aromatic N) is 1. The van der Waals surface area contributed by atoms with Crippen LogP contribution < -0.4 is 10.1 Å². The van der Waals surface area contributed by atoms with Crippen LogP contribution in [0.5, 0.6) is 5.75 Å². The zero-order valence-corrected chi connectivity index (χ0v) is 14.6. The molecular weight excluding hydrogens is 308 g/mol. The van der Waals surface area contributed by atoms with Crippen molar-refractivity contribution < 1.29 is 9.53 Å². The molecule has 4 nitrogen and oxygen atoms in total. The van der Waals surface area contributed by atoms with Crippen molar-refractivity contribution in [3.05, 3.63) is 45.4 Å². The number of rotatable bonds is 4. The van der Waals surface area contributed by atoms with E-state index in [1.807, 2.05) is 26.0 Å². The first kappa shape index (κ1) is 16.0. The molecule has 1 saturated carbocycles. The number of carbonyl (C=O) groups excluding carboxylic acids is 1. The van der Waals surface area contributed by atoms with Crippen LogP contribution in [0.15, 0.2) is 23.6 Å². The number of aromatic nitrogens is 1. The lowest BCUT2D eigenvalue weighted by Gasteiger charge is -2.28. The predicted molar refractivity (Wildman–Crippen MR) is 92.2 cm³/mol. The molecule has 1 fully saturated rings. The summed E-state index contributed by atoms with van der Waals surface area (Å²) in [6.45, 7) is 3.96. The van der Waals surface area contributed by atoms with Crippen molar-refractivity contribution in [2.24, 2.45) is 0 Å². The maximum atomic E-state index is 12.8. The van der Waals surface area contributed by atoms with E-state index in [0.29, 0.717) is 5.56 Å². The first-order valence-corrected chi connectivity index (χ1v) is 8.82. The fourth-order valence-corrected chi connectivity index (χ4v) is 4.21. The van der Waals surface area contributed by atoms with Gasteiger partial charge in [-0.2, -0.15) is 0 Å². The van der Waals surface area contributed by atoms with Crippen LogP contribution in [0.3, 0.4) is 0 Å². The van der Waals surface area contributed by atoms with Gasteiger partial charge >= 0.3 is 0 Å². The van der Waals surface area contributed by atoms with Crippen molar-refractivity contribution in [3.8, 4) is 5.75 Å². The first-order valence-electron chi connectivity index (χ1n) is 7.94. The molecule has 0 radical (unpaired) electrons. The number of amides is 1. The Balaban J connectivity index is 1.87. The number of hydrogen-bond donors (Lipinski definition) is 1. The van der Waals surface area contributed by atoms with Crippen LogP contribution in [-0.2, 0) is 5.54 Å². The SMILES string of the molecule is COc1cc(C(=O)NC2(c3nc(C)cs3)CCCC2)ccc1C. The molecule has 0 saturated heterocycles. The third-order valence-electron chi connectivity index (χ3n) is 4.51. The minimum Gasteiger partial charge on any atom is -0.496 e. The number of hydrogen-bond acceptors (Lipinski definition) is 4. The zero-order chi connectivity index (χ0) is 16.4. The van der Waals surface area contributed by atoms with Crippen molar-refractivity contribution in [3.63, 3.8) is 0 Å². The number of benzene rings is 1. The van der Waals surface area contributed by atoms with Gasteiger partial charge in [-0.25, -0.2) is 4.98 Å². The normalized spacial score (nSPS) is 16.3. The van der Waals surface area contributed by atoms with E-state index in [-0.39, 0.29) is 11.4 Å². The standard InChI is InChI=1S/C18H22N2O2S/c1-12-6-7-14(10-15(12)22-3)16(21)20-18(8-4-5-9-18)17-19-13(2)11-23-17/h6-7,10-11H,4-5,8-9H2,1-3H3,(H,20,21). The highest BCUT2D eigenvalue weighted by Gasteiger charge is 2.39. The predicted octanol–water partition coefficient (Wildman–Crippen LogP) is 3.97. The van der Waals surface area contributed by atoms with Gasteiger partial charge in [0.1, 0.15) is 10.8 Å². The molecule has 0 aliphatic heterocycles. The summed E-state index contributed by atoms with van der Waals surface area (Å²) in [5.74, 6) is 0.682. The molecule has 1 aliphatic carbocycles. The summed E-state index contributed by atoms with van der Waals surface area (Å²) in [5.41, 5.74) is 2.36. The van der Waals surface area contributed by atoms with Crippen LogP contribution in [0.1, 0.15) is 52.3 Å². The number of thiazole rings is 1. The molecule has 1 N–H and O–H groups in total. The molecule has 0 bridgehead atoms. The second-order valence-corrected chi connectivity index (χ2v) is 7.08. The molecule has 1 aromatic heterocycles. The molecule has 5 heteroatoms. The fraction of sp³-hybridized carbons (Fsp3) is 0.444. The molecule has 2 aromatic rings. The summed E-state index contributed by atoms with van der Waals surface area (Å²) in [4.78, 5) is 17.4. The smallest absolute Gasteiger partial charge is 0.252 e. The minimum absolute atomic E-state index is 0.0574. The van der Waals surface area contributed by atoms with Crippen LogP contribution in [0.2, 0.25) is 0 Å². The zero-order valence-electron chi connectivity index (χ0n) is 13.8. The highest BCUT2D eigenvalue weighted by Crippen LogP contribution is 2.40.